The molecule has 3 amide bonds. The number of hydrogen-bond donors (Lipinski definition) is 1. The van der Waals surface area contributed by atoms with E-state index >= 15 is 0 Å². The van der Waals surface area contributed by atoms with Crippen molar-refractivity contribution in [2.24, 2.45) is 11.8 Å². The van der Waals surface area contributed by atoms with Crippen molar-refractivity contribution < 1.29 is 9.59 Å². The molecule has 0 aromatic heterocycles. The molecule has 2 heterocycles. The number of likely N-dealkylation sites (tertiary alicyclic amines) is 1. The first-order chi connectivity index (χ1) is 14.5. The summed E-state index contributed by atoms with van der Waals surface area (Å²) in [4.78, 5) is 31.6. The van der Waals surface area contributed by atoms with Gasteiger partial charge in [0.2, 0.25) is 5.91 Å². The Bertz CT molecular complexity index is 892. The van der Waals surface area contributed by atoms with Crippen LogP contribution in [-0.2, 0) is 4.79 Å². The van der Waals surface area contributed by atoms with E-state index in [4.69, 9.17) is 0 Å². The van der Waals surface area contributed by atoms with Gasteiger partial charge in [-0.15, -0.1) is 0 Å². The normalized spacial score (nSPS) is 22.9. The molecule has 0 radical (unpaired) electrons. The van der Waals surface area contributed by atoms with E-state index in [-0.39, 0.29) is 11.9 Å². The average molecular weight is 409 g/mol. The zero-order valence-electron chi connectivity index (χ0n) is 18.0. The molecule has 2 aliphatic heterocycles. The Morgan fingerprint density at radius 2 is 1.57 bits per heavy atom. The van der Waals surface area contributed by atoms with Crippen molar-refractivity contribution in [3.05, 3.63) is 42.5 Å². The number of carbonyl (C=O) groups excluding carboxylic acids is 2. The number of nitrogens with zero attached hydrogens (tertiary/aromatic N) is 3. The topological polar surface area (TPSA) is 55.9 Å². The van der Waals surface area contributed by atoms with Crippen molar-refractivity contribution in [2.75, 3.05) is 51.1 Å². The Hall–Kier alpha value is -2.60. The van der Waals surface area contributed by atoms with Crippen LogP contribution in [0.4, 0.5) is 10.5 Å². The highest BCUT2D eigenvalue weighted by atomic mass is 16.2. The number of piperidine rings is 1. The molecule has 160 valence electrons. The number of anilines is 1. The van der Waals surface area contributed by atoms with Crippen LogP contribution < -0.4 is 5.32 Å². The van der Waals surface area contributed by atoms with Gasteiger partial charge < -0.3 is 15.1 Å². The van der Waals surface area contributed by atoms with Crippen molar-refractivity contribution in [3.8, 4) is 0 Å². The zero-order chi connectivity index (χ0) is 21.1. The summed E-state index contributed by atoms with van der Waals surface area (Å²) in [6, 6.07) is 13.9. The maximum absolute atomic E-state index is 12.8. The second-order valence-electron chi connectivity index (χ2n) is 8.96. The Morgan fingerprint density at radius 3 is 2.30 bits per heavy atom. The number of benzene rings is 2. The molecular formula is C24H32N4O2. The predicted octanol–water partition coefficient (Wildman–Crippen LogP) is 3.49. The number of fused-ring (bicyclic) bond motifs is 1. The van der Waals surface area contributed by atoms with Crippen LogP contribution in [0.1, 0.15) is 20.3 Å². The fourth-order valence-electron chi connectivity index (χ4n) is 4.80. The molecule has 2 aromatic carbocycles. The fourth-order valence-corrected chi connectivity index (χ4v) is 4.80. The van der Waals surface area contributed by atoms with E-state index in [9.17, 15) is 9.59 Å². The van der Waals surface area contributed by atoms with Crippen LogP contribution in [0.25, 0.3) is 10.8 Å². The molecule has 4 rings (SSSR count). The van der Waals surface area contributed by atoms with Crippen molar-refractivity contribution in [3.63, 3.8) is 0 Å². The molecule has 0 aliphatic carbocycles. The standard InChI is InChI=1S/C24H32N4O2/c1-18-14-19(2)16-28(15-18)23(29)17-26-10-12-27(13-11-26)24(30)25-22-9-5-7-20-6-3-4-8-21(20)22/h3-9,18-19H,10-17H2,1-2H3,(H,25,30)/t18-,19+. The number of carbonyl (C=O) groups is 2. The lowest BCUT2D eigenvalue weighted by Gasteiger charge is -2.38. The molecule has 1 N–H and O–H groups in total. The minimum Gasteiger partial charge on any atom is -0.341 e. The van der Waals surface area contributed by atoms with Crippen LogP contribution in [0.2, 0.25) is 0 Å². The Kier molecular flexibility index (Phi) is 6.23. The monoisotopic (exact) mass is 408 g/mol. The summed E-state index contributed by atoms with van der Waals surface area (Å²) < 4.78 is 0. The summed E-state index contributed by atoms with van der Waals surface area (Å²) in [5.41, 5.74) is 0.837. The van der Waals surface area contributed by atoms with Crippen LogP contribution in [0.15, 0.2) is 42.5 Å². The summed E-state index contributed by atoms with van der Waals surface area (Å²) in [5.74, 6) is 1.38. The van der Waals surface area contributed by atoms with Crippen molar-refractivity contribution >= 4 is 28.4 Å². The van der Waals surface area contributed by atoms with Gasteiger partial charge in [0.1, 0.15) is 0 Å². The summed E-state index contributed by atoms with van der Waals surface area (Å²) >= 11 is 0. The van der Waals surface area contributed by atoms with E-state index in [1.807, 2.05) is 52.3 Å². The van der Waals surface area contributed by atoms with Crippen LogP contribution in [0.5, 0.6) is 0 Å². The molecule has 2 saturated heterocycles. The maximum atomic E-state index is 12.8. The number of urea groups is 1. The lowest BCUT2D eigenvalue weighted by molar-refractivity contribution is -0.135. The summed E-state index contributed by atoms with van der Waals surface area (Å²) in [5, 5.41) is 5.22. The van der Waals surface area contributed by atoms with E-state index in [2.05, 4.69) is 24.1 Å². The quantitative estimate of drug-likeness (QED) is 0.846. The highest BCUT2D eigenvalue weighted by Crippen LogP contribution is 2.24. The van der Waals surface area contributed by atoms with Crippen molar-refractivity contribution in [1.29, 1.82) is 0 Å². The third kappa shape index (κ3) is 4.75. The van der Waals surface area contributed by atoms with Gasteiger partial charge >= 0.3 is 6.03 Å². The van der Waals surface area contributed by atoms with Gasteiger partial charge in [-0.2, -0.15) is 0 Å². The number of amides is 3. The second-order valence-corrected chi connectivity index (χ2v) is 8.96. The van der Waals surface area contributed by atoms with Crippen LogP contribution in [-0.4, -0.2) is 72.5 Å². The number of piperazine rings is 1. The van der Waals surface area contributed by atoms with E-state index in [0.717, 1.165) is 42.6 Å². The van der Waals surface area contributed by atoms with E-state index in [1.54, 1.807) is 0 Å². The first-order valence-corrected chi connectivity index (χ1v) is 11.0. The molecule has 0 bridgehead atoms. The molecule has 2 aliphatic rings. The summed E-state index contributed by atoms with van der Waals surface area (Å²) in [7, 11) is 0. The molecular weight excluding hydrogens is 376 g/mol. The Balaban J connectivity index is 1.29. The van der Waals surface area contributed by atoms with Gasteiger partial charge in [-0.1, -0.05) is 50.2 Å². The van der Waals surface area contributed by atoms with E-state index in [0.29, 0.717) is 31.5 Å². The Morgan fingerprint density at radius 1 is 0.900 bits per heavy atom. The van der Waals surface area contributed by atoms with E-state index in [1.165, 1.54) is 6.42 Å². The predicted molar refractivity (Wildman–Crippen MR) is 121 cm³/mol. The van der Waals surface area contributed by atoms with Gasteiger partial charge in [0.25, 0.3) is 0 Å². The smallest absolute Gasteiger partial charge is 0.321 e. The summed E-state index contributed by atoms with van der Waals surface area (Å²) in [6.45, 7) is 9.38. The molecule has 2 aromatic rings. The van der Waals surface area contributed by atoms with Crippen LogP contribution in [0, 0.1) is 11.8 Å². The first kappa shape index (κ1) is 20.7. The van der Waals surface area contributed by atoms with Gasteiger partial charge in [0, 0.05) is 44.7 Å². The van der Waals surface area contributed by atoms with Gasteiger partial charge in [0.15, 0.2) is 0 Å². The van der Waals surface area contributed by atoms with Gasteiger partial charge in [-0.05, 0) is 29.7 Å². The molecule has 0 unspecified atom stereocenters. The molecule has 30 heavy (non-hydrogen) atoms. The van der Waals surface area contributed by atoms with Crippen molar-refractivity contribution in [2.45, 2.75) is 20.3 Å². The molecule has 0 spiro atoms. The molecule has 0 saturated carbocycles. The summed E-state index contributed by atoms with van der Waals surface area (Å²) in [6.07, 6.45) is 1.20. The third-order valence-corrected chi connectivity index (χ3v) is 6.27. The van der Waals surface area contributed by atoms with Gasteiger partial charge in [0.05, 0.1) is 12.2 Å². The number of nitrogens with one attached hydrogen (secondary N) is 1. The lowest BCUT2D eigenvalue weighted by atomic mass is 9.92. The molecule has 6 nitrogen and oxygen atoms in total. The minimum atomic E-state index is -0.0731. The maximum Gasteiger partial charge on any atom is 0.321 e. The second kappa shape index (κ2) is 9.04. The average Bonchev–Trinajstić information content (AvgIpc) is 2.74. The van der Waals surface area contributed by atoms with Crippen LogP contribution >= 0.6 is 0 Å². The highest BCUT2D eigenvalue weighted by molar-refractivity contribution is 6.01. The van der Waals surface area contributed by atoms with Crippen molar-refractivity contribution in [1.82, 2.24) is 14.7 Å². The molecule has 2 fully saturated rings. The van der Waals surface area contributed by atoms with E-state index < -0.39 is 0 Å². The molecule has 6 heteroatoms. The van der Waals surface area contributed by atoms with Crippen LogP contribution in [0.3, 0.4) is 0 Å². The third-order valence-electron chi connectivity index (χ3n) is 6.27. The highest BCUT2D eigenvalue weighted by Gasteiger charge is 2.28. The largest absolute Gasteiger partial charge is 0.341 e. The van der Waals surface area contributed by atoms with Gasteiger partial charge in [-0.3, -0.25) is 9.69 Å². The lowest BCUT2D eigenvalue weighted by Crippen LogP contribution is -2.53. The minimum absolute atomic E-state index is 0.0731. The van der Waals surface area contributed by atoms with Gasteiger partial charge in [-0.25, -0.2) is 4.79 Å². The molecule has 2 atom stereocenters. The first-order valence-electron chi connectivity index (χ1n) is 11.0. The number of rotatable bonds is 3. The Labute approximate surface area is 178 Å². The fraction of sp³-hybridized carbons (Fsp3) is 0.500. The zero-order valence-corrected chi connectivity index (χ0v) is 18.0. The SMILES string of the molecule is C[C@@H]1C[C@H](C)CN(C(=O)CN2CCN(C(=O)Nc3cccc4ccccc34)CC2)C1. The number of hydrogen-bond acceptors (Lipinski definition) is 3.